The molecule has 0 unspecified atom stereocenters. The molecule has 1 aliphatic heterocycles. The van der Waals surface area contributed by atoms with Crippen molar-refractivity contribution < 1.29 is 19.1 Å². The number of aryl methyl sites for hydroxylation is 1. The molecule has 2 heterocycles. The smallest absolute Gasteiger partial charge is 0.315 e. The molecule has 2 aromatic rings. The minimum atomic E-state index is -0.838. The van der Waals surface area contributed by atoms with Crippen LogP contribution in [0.1, 0.15) is 63.1 Å². The summed E-state index contributed by atoms with van der Waals surface area (Å²) in [6.07, 6.45) is 10.9. The molecule has 3 amide bonds. The van der Waals surface area contributed by atoms with Gasteiger partial charge in [-0.25, -0.2) is 9.78 Å². The first-order chi connectivity index (χ1) is 19.7. The maximum Gasteiger partial charge on any atom is 0.315 e. The number of hydrogen-bond acceptors (Lipinski definition) is 5. The Morgan fingerprint density at radius 1 is 1.15 bits per heavy atom. The standard InChI is InChI=1S/C30H41Cl2N5O4/c1-3-41-28(39)30(22-7-5-4-6-8-22)12-15-37(16-13-30)27(38)26(17-21-9-10-23(31)18-25(21)32)35-29(40)34-14-11-24-19-33-20-36(24)2/h9-10,18-20,22,26H,3-8,11-17H2,1-2H3,(H2,34,35,40)/t26-/m1/s1. The fourth-order valence-electron chi connectivity index (χ4n) is 6.30. The molecule has 1 aliphatic carbocycles. The quantitative estimate of drug-likeness (QED) is 0.373. The Kier molecular flexibility index (Phi) is 10.9. The molecule has 9 nitrogen and oxygen atoms in total. The summed E-state index contributed by atoms with van der Waals surface area (Å²) < 4.78 is 7.47. The lowest BCUT2D eigenvalue weighted by Crippen LogP contribution is -2.56. The van der Waals surface area contributed by atoms with E-state index in [2.05, 4.69) is 15.6 Å². The number of ether oxygens (including phenoxy) is 1. The maximum atomic E-state index is 13.9. The van der Waals surface area contributed by atoms with Crippen molar-refractivity contribution in [3.05, 3.63) is 52.0 Å². The number of urea groups is 1. The van der Waals surface area contributed by atoms with E-state index >= 15 is 0 Å². The van der Waals surface area contributed by atoms with E-state index in [1.807, 2.05) is 18.5 Å². The number of esters is 1. The largest absolute Gasteiger partial charge is 0.466 e. The average molecular weight is 607 g/mol. The van der Waals surface area contributed by atoms with Gasteiger partial charge in [-0.2, -0.15) is 0 Å². The molecule has 1 aromatic carbocycles. The van der Waals surface area contributed by atoms with Gasteiger partial charge in [-0.3, -0.25) is 9.59 Å². The van der Waals surface area contributed by atoms with Gasteiger partial charge in [0.15, 0.2) is 0 Å². The summed E-state index contributed by atoms with van der Waals surface area (Å²) in [6, 6.07) is 3.85. The predicted octanol–water partition coefficient (Wildman–Crippen LogP) is 4.93. The third-order valence-electron chi connectivity index (χ3n) is 8.66. The number of nitrogens with one attached hydrogen (secondary N) is 2. The van der Waals surface area contributed by atoms with E-state index in [1.54, 1.807) is 35.6 Å². The van der Waals surface area contributed by atoms with Gasteiger partial charge in [0.1, 0.15) is 6.04 Å². The number of halogens is 2. The Morgan fingerprint density at radius 3 is 2.51 bits per heavy atom. The minimum absolute atomic E-state index is 0.130. The van der Waals surface area contributed by atoms with E-state index in [4.69, 9.17) is 27.9 Å². The third kappa shape index (κ3) is 7.74. The Labute approximate surface area is 252 Å². The molecule has 0 spiro atoms. The first kappa shape index (κ1) is 31.2. The molecule has 1 saturated heterocycles. The second-order valence-electron chi connectivity index (χ2n) is 11.2. The normalized spacial score (nSPS) is 18.0. The predicted molar refractivity (Wildman–Crippen MR) is 159 cm³/mol. The molecular formula is C30H41Cl2N5O4. The van der Waals surface area contributed by atoms with E-state index in [0.29, 0.717) is 61.1 Å². The molecule has 11 heteroatoms. The van der Waals surface area contributed by atoms with Crippen molar-refractivity contribution in [2.45, 2.75) is 70.8 Å². The summed E-state index contributed by atoms with van der Waals surface area (Å²) in [4.78, 5) is 45.9. The molecule has 41 heavy (non-hydrogen) atoms. The zero-order valence-corrected chi connectivity index (χ0v) is 25.5. The van der Waals surface area contributed by atoms with Crippen LogP contribution in [0.4, 0.5) is 4.79 Å². The van der Waals surface area contributed by atoms with Gasteiger partial charge < -0.3 is 24.8 Å². The van der Waals surface area contributed by atoms with Crippen LogP contribution < -0.4 is 10.6 Å². The Hall–Kier alpha value is -2.78. The third-order valence-corrected chi connectivity index (χ3v) is 9.25. The SMILES string of the molecule is CCOC(=O)C1(C2CCCCC2)CCN(C(=O)[C@@H](Cc2ccc(Cl)cc2Cl)NC(=O)NCCc2cncn2C)CC1. The molecule has 2 aliphatic rings. The lowest BCUT2D eigenvalue weighted by molar-refractivity contribution is -0.166. The molecule has 2 fully saturated rings. The number of likely N-dealkylation sites (tertiary alicyclic amines) is 1. The van der Waals surface area contributed by atoms with Crippen LogP contribution in [-0.2, 0) is 34.2 Å². The van der Waals surface area contributed by atoms with E-state index in [-0.39, 0.29) is 24.2 Å². The number of nitrogens with zero attached hydrogens (tertiary/aromatic N) is 3. The number of carbonyl (C=O) groups is 3. The molecule has 1 aromatic heterocycles. The fraction of sp³-hybridized carbons (Fsp3) is 0.600. The van der Waals surface area contributed by atoms with Gasteiger partial charge in [0.05, 0.1) is 18.3 Å². The lowest BCUT2D eigenvalue weighted by Gasteiger charge is -2.46. The Morgan fingerprint density at radius 2 is 1.88 bits per heavy atom. The lowest BCUT2D eigenvalue weighted by atomic mass is 9.63. The van der Waals surface area contributed by atoms with Crippen LogP contribution in [0.2, 0.25) is 10.0 Å². The monoisotopic (exact) mass is 605 g/mol. The van der Waals surface area contributed by atoms with Crippen molar-refractivity contribution in [2.75, 3.05) is 26.2 Å². The van der Waals surface area contributed by atoms with Gasteiger partial charge >= 0.3 is 12.0 Å². The first-order valence-electron chi connectivity index (χ1n) is 14.6. The second-order valence-corrected chi connectivity index (χ2v) is 12.0. The number of benzene rings is 1. The van der Waals surface area contributed by atoms with Crippen LogP contribution in [0.15, 0.2) is 30.7 Å². The molecule has 0 bridgehead atoms. The first-order valence-corrected chi connectivity index (χ1v) is 15.4. The van der Waals surface area contributed by atoms with Gasteiger partial charge in [-0.1, -0.05) is 48.5 Å². The summed E-state index contributed by atoms with van der Waals surface area (Å²) in [5, 5.41) is 6.67. The van der Waals surface area contributed by atoms with Crippen LogP contribution in [0.25, 0.3) is 0 Å². The molecule has 0 radical (unpaired) electrons. The van der Waals surface area contributed by atoms with Gasteiger partial charge in [0, 0.05) is 61.5 Å². The van der Waals surface area contributed by atoms with E-state index in [9.17, 15) is 14.4 Å². The van der Waals surface area contributed by atoms with Crippen LogP contribution in [0.3, 0.4) is 0 Å². The summed E-state index contributed by atoms with van der Waals surface area (Å²) in [5.41, 5.74) is 1.14. The number of rotatable bonds is 10. The second kappa shape index (κ2) is 14.4. The highest BCUT2D eigenvalue weighted by atomic mass is 35.5. The highest BCUT2D eigenvalue weighted by Crippen LogP contribution is 2.47. The van der Waals surface area contributed by atoms with Gasteiger partial charge in [0.25, 0.3) is 0 Å². The Bertz CT molecular complexity index is 1210. The van der Waals surface area contributed by atoms with Crippen molar-refractivity contribution in [1.29, 1.82) is 0 Å². The van der Waals surface area contributed by atoms with Crippen molar-refractivity contribution in [3.63, 3.8) is 0 Å². The molecule has 4 rings (SSSR count). The van der Waals surface area contributed by atoms with Crippen LogP contribution in [-0.4, -0.2) is 64.6 Å². The summed E-state index contributed by atoms with van der Waals surface area (Å²) in [7, 11) is 1.90. The number of carbonyl (C=O) groups excluding carboxylic acids is 3. The van der Waals surface area contributed by atoms with E-state index < -0.39 is 17.5 Å². The number of aromatic nitrogens is 2. The maximum absolute atomic E-state index is 13.9. The molecule has 1 saturated carbocycles. The number of piperidine rings is 1. The van der Waals surface area contributed by atoms with Crippen molar-refractivity contribution >= 4 is 41.1 Å². The molecule has 1 atom stereocenters. The zero-order valence-electron chi connectivity index (χ0n) is 24.0. The average Bonchev–Trinajstić information content (AvgIpc) is 3.38. The molecular weight excluding hydrogens is 565 g/mol. The minimum Gasteiger partial charge on any atom is -0.466 e. The summed E-state index contributed by atoms with van der Waals surface area (Å²) in [6.45, 7) is 3.44. The topological polar surface area (TPSA) is 106 Å². The number of hydrogen-bond donors (Lipinski definition) is 2. The van der Waals surface area contributed by atoms with Crippen molar-refractivity contribution in [3.8, 4) is 0 Å². The van der Waals surface area contributed by atoms with Crippen molar-refractivity contribution in [2.24, 2.45) is 18.4 Å². The zero-order chi connectivity index (χ0) is 29.4. The summed E-state index contributed by atoms with van der Waals surface area (Å²) in [5.74, 6) is -0.0483. The van der Waals surface area contributed by atoms with Crippen LogP contribution >= 0.6 is 23.2 Å². The number of imidazole rings is 1. The van der Waals surface area contributed by atoms with Crippen LogP contribution in [0, 0.1) is 11.3 Å². The van der Waals surface area contributed by atoms with Crippen LogP contribution in [0.5, 0.6) is 0 Å². The van der Waals surface area contributed by atoms with Gasteiger partial charge in [-0.15, -0.1) is 0 Å². The number of amides is 3. The van der Waals surface area contributed by atoms with E-state index in [1.165, 1.54) is 6.42 Å². The Balaban J connectivity index is 1.45. The van der Waals surface area contributed by atoms with E-state index in [0.717, 1.165) is 31.4 Å². The molecule has 2 N–H and O–H groups in total. The highest BCUT2D eigenvalue weighted by molar-refractivity contribution is 6.35. The summed E-state index contributed by atoms with van der Waals surface area (Å²) >= 11 is 12.5. The van der Waals surface area contributed by atoms with Crippen molar-refractivity contribution in [1.82, 2.24) is 25.1 Å². The molecule has 224 valence electrons. The van der Waals surface area contributed by atoms with Gasteiger partial charge in [-0.05, 0) is 56.2 Å². The van der Waals surface area contributed by atoms with Gasteiger partial charge in [0.2, 0.25) is 5.91 Å². The highest BCUT2D eigenvalue weighted by Gasteiger charge is 2.49. The fourth-order valence-corrected chi connectivity index (χ4v) is 6.79.